The summed E-state index contributed by atoms with van der Waals surface area (Å²) in [5.41, 5.74) is 3.22. The van der Waals surface area contributed by atoms with Gasteiger partial charge < -0.3 is 19.7 Å². The number of hydrogen-bond acceptors (Lipinski definition) is 5. The number of nitrogens with one attached hydrogen (secondary N) is 1. The fourth-order valence-electron chi connectivity index (χ4n) is 3.87. The second-order valence-corrected chi connectivity index (χ2v) is 9.04. The maximum Gasteiger partial charge on any atom is 0.407 e. The van der Waals surface area contributed by atoms with Crippen molar-refractivity contribution < 1.29 is 14.3 Å². The number of benzene rings is 2. The molecule has 1 unspecified atom stereocenters. The van der Waals surface area contributed by atoms with Crippen molar-refractivity contribution in [2.24, 2.45) is 0 Å². The van der Waals surface area contributed by atoms with E-state index in [0.29, 0.717) is 6.54 Å². The van der Waals surface area contributed by atoms with Crippen LogP contribution in [0, 0.1) is 3.70 Å². The third-order valence-electron chi connectivity index (χ3n) is 5.67. The van der Waals surface area contributed by atoms with E-state index in [1.54, 1.807) is 0 Å². The lowest BCUT2D eigenvalue weighted by Gasteiger charge is -2.23. The molecule has 4 rings (SSSR count). The molecule has 0 saturated carbocycles. The number of anilines is 1. The SMILES string of the molecule is CN(CCCNC(=O)OCc1ccccc1)c1ccc2c(c1)c(I)nn2C1CCCCO1. The number of aromatic nitrogens is 2. The molecule has 32 heavy (non-hydrogen) atoms. The Bertz CT molecular complexity index is 1030. The van der Waals surface area contributed by atoms with Gasteiger partial charge in [-0.15, -0.1) is 0 Å². The van der Waals surface area contributed by atoms with Gasteiger partial charge in [0.25, 0.3) is 0 Å². The standard InChI is InChI=1S/C24H29IN4O3/c1-28(14-7-13-26-24(30)32-17-18-8-3-2-4-9-18)19-11-12-21-20(16-19)23(25)27-29(21)22-10-5-6-15-31-22/h2-4,8-9,11-12,16,22H,5-7,10,13-15,17H2,1H3,(H,26,30). The van der Waals surface area contributed by atoms with Gasteiger partial charge in [-0.25, -0.2) is 9.48 Å². The number of fused-ring (bicyclic) bond motifs is 1. The van der Waals surface area contributed by atoms with E-state index in [1.807, 2.05) is 35.0 Å². The van der Waals surface area contributed by atoms with Crippen LogP contribution in [0.5, 0.6) is 0 Å². The monoisotopic (exact) mass is 548 g/mol. The number of carbonyl (C=O) groups excluding carboxylic acids is 1. The van der Waals surface area contributed by atoms with Crippen LogP contribution in [-0.2, 0) is 16.1 Å². The normalized spacial score (nSPS) is 16.1. The summed E-state index contributed by atoms with van der Waals surface area (Å²) in [5, 5.41) is 8.71. The van der Waals surface area contributed by atoms with Crippen LogP contribution in [0.1, 0.15) is 37.5 Å². The Kier molecular flexibility index (Phi) is 7.85. The number of hydrogen-bond donors (Lipinski definition) is 1. The van der Waals surface area contributed by atoms with Crippen molar-refractivity contribution >= 4 is 45.3 Å². The van der Waals surface area contributed by atoms with E-state index >= 15 is 0 Å². The van der Waals surface area contributed by atoms with Crippen LogP contribution in [0.15, 0.2) is 48.5 Å². The minimum Gasteiger partial charge on any atom is -0.445 e. The zero-order valence-corrected chi connectivity index (χ0v) is 20.5. The molecule has 2 aromatic carbocycles. The topological polar surface area (TPSA) is 68.6 Å². The van der Waals surface area contributed by atoms with E-state index in [-0.39, 0.29) is 18.9 Å². The molecule has 0 bridgehead atoms. The van der Waals surface area contributed by atoms with Crippen LogP contribution in [-0.4, -0.2) is 42.6 Å². The lowest BCUT2D eigenvalue weighted by atomic mass is 10.2. The summed E-state index contributed by atoms with van der Waals surface area (Å²) in [6.45, 7) is 2.47. The molecule has 170 valence electrons. The number of nitrogens with zero attached hydrogens (tertiary/aromatic N) is 3. The molecule has 3 aromatic rings. The van der Waals surface area contributed by atoms with Gasteiger partial charge in [0.2, 0.25) is 0 Å². The highest BCUT2D eigenvalue weighted by Crippen LogP contribution is 2.31. The first kappa shape index (κ1) is 22.8. The summed E-state index contributed by atoms with van der Waals surface area (Å²) < 4.78 is 14.2. The van der Waals surface area contributed by atoms with Gasteiger partial charge >= 0.3 is 6.09 Å². The third-order valence-corrected chi connectivity index (χ3v) is 6.46. The zero-order chi connectivity index (χ0) is 22.3. The van der Waals surface area contributed by atoms with Gasteiger partial charge in [0.05, 0.1) is 5.52 Å². The van der Waals surface area contributed by atoms with E-state index in [1.165, 1.54) is 6.42 Å². The summed E-state index contributed by atoms with van der Waals surface area (Å²) in [4.78, 5) is 14.1. The van der Waals surface area contributed by atoms with Crippen molar-refractivity contribution in [1.29, 1.82) is 0 Å². The summed E-state index contributed by atoms with van der Waals surface area (Å²) in [6, 6.07) is 16.1. The molecule has 7 nitrogen and oxygen atoms in total. The Hall–Kier alpha value is -2.33. The molecule has 2 heterocycles. The molecule has 1 aromatic heterocycles. The van der Waals surface area contributed by atoms with E-state index < -0.39 is 0 Å². The molecule has 1 atom stereocenters. The average molecular weight is 548 g/mol. The Morgan fingerprint density at radius 1 is 1.28 bits per heavy atom. The highest BCUT2D eigenvalue weighted by Gasteiger charge is 2.20. The minimum atomic E-state index is -0.384. The van der Waals surface area contributed by atoms with Crippen molar-refractivity contribution in [3.63, 3.8) is 0 Å². The molecule has 0 radical (unpaired) electrons. The van der Waals surface area contributed by atoms with Gasteiger partial charge in [-0.05, 0) is 72.0 Å². The lowest BCUT2D eigenvalue weighted by molar-refractivity contribution is -0.0368. The summed E-state index contributed by atoms with van der Waals surface area (Å²) in [7, 11) is 2.07. The molecular weight excluding hydrogens is 519 g/mol. The van der Waals surface area contributed by atoms with Crippen molar-refractivity contribution in [2.45, 2.75) is 38.5 Å². The van der Waals surface area contributed by atoms with E-state index in [4.69, 9.17) is 14.6 Å². The summed E-state index contributed by atoms with van der Waals surface area (Å²) in [6.07, 6.45) is 3.78. The van der Waals surface area contributed by atoms with Crippen molar-refractivity contribution in [3.05, 3.63) is 57.8 Å². The van der Waals surface area contributed by atoms with E-state index in [9.17, 15) is 4.79 Å². The smallest absolute Gasteiger partial charge is 0.407 e. The van der Waals surface area contributed by atoms with Crippen molar-refractivity contribution in [1.82, 2.24) is 15.1 Å². The van der Waals surface area contributed by atoms with E-state index in [0.717, 1.165) is 58.3 Å². The number of alkyl carbamates (subject to hydrolysis) is 1. The Balaban J connectivity index is 1.27. The zero-order valence-electron chi connectivity index (χ0n) is 18.3. The first-order valence-corrected chi connectivity index (χ1v) is 12.1. The lowest BCUT2D eigenvalue weighted by Crippen LogP contribution is -2.28. The first-order valence-electron chi connectivity index (χ1n) is 11.1. The highest BCUT2D eigenvalue weighted by molar-refractivity contribution is 14.1. The van der Waals surface area contributed by atoms with Crippen LogP contribution < -0.4 is 10.2 Å². The molecule has 0 spiro atoms. The maximum absolute atomic E-state index is 11.9. The van der Waals surface area contributed by atoms with Crippen LogP contribution in [0.4, 0.5) is 10.5 Å². The Morgan fingerprint density at radius 2 is 2.12 bits per heavy atom. The number of rotatable bonds is 8. The molecule has 1 N–H and O–H groups in total. The predicted octanol–water partition coefficient (Wildman–Crippen LogP) is 5.09. The van der Waals surface area contributed by atoms with Gasteiger partial charge in [0.1, 0.15) is 10.3 Å². The molecule has 1 saturated heterocycles. The first-order chi connectivity index (χ1) is 15.6. The third kappa shape index (κ3) is 5.72. The Labute approximate surface area is 202 Å². The van der Waals surface area contributed by atoms with Gasteiger partial charge in [-0.1, -0.05) is 30.3 Å². The number of halogens is 1. The van der Waals surface area contributed by atoms with Gasteiger partial charge in [-0.3, -0.25) is 0 Å². The van der Waals surface area contributed by atoms with Crippen LogP contribution in [0.2, 0.25) is 0 Å². The van der Waals surface area contributed by atoms with Gasteiger partial charge in [0.15, 0.2) is 6.23 Å². The highest BCUT2D eigenvalue weighted by atomic mass is 127. The summed E-state index contributed by atoms with van der Waals surface area (Å²) >= 11 is 2.30. The van der Waals surface area contributed by atoms with Gasteiger partial charge in [-0.2, -0.15) is 5.10 Å². The second kappa shape index (κ2) is 11.0. The largest absolute Gasteiger partial charge is 0.445 e. The molecule has 0 aliphatic carbocycles. The quantitative estimate of drug-likeness (QED) is 0.314. The van der Waals surface area contributed by atoms with Gasteiger partial charge in [0, 0.05) is 37.8 Å². The molecule has 1 aliphatic heterocycles. The molecule has 8 heteroatoms. The van der Waals surface area contributed by atoms with Crippen LogP contribution in [0.25, 0.3) is 10.9 Å². The fourth-order valence-corrected chi connectivity index (χ4v) is 4.54. The van der Waals surface area contributed by atoms with Crippen molar-refractivity contribution in [2.75, 3.05) is 31.6 Å². The van der Waals surface area contributed by atoms with Crippen LogP contribution in [0.3, 0.4) is 0 Å². The maximum atomic E-state index is 11.9. The average Bonchev–Trinajstić information content (AvgIpc) is 3.17. The Morgan fingerprint density at radius 3 is 2.91 bits per heavy atom. The van der Waals surface area contributed by atoms with E-state index in [2.05, 4.69) is 58.1 Å². The number of ether oxygens (including phenoxy) is 2. The fraction of sp³-hybridized carbons (Fsp3) is 0.417. The molecule has 1 aliphatic rings. The molecular formula is C24H29IN4O3. The summed E-state index contributed by atoms with van der Waals surface area (Å²) in [5.74, 6) is 0. The van der Waals surface area contributed by atoms with Crippen molar-refractivity contribution in [3.8, 4) is 0 Å². The van der Waals surface area contributed by atoms with Crippen LogP contribution >= 0.6 is 22.6 Å². The number of carbonyl (C=O) groups is 1. The minimum absolute atomic E-state index is 0.0334. The second-order valence-electron chi connectivity index (χ2n) is 8.02. The predicted molar refractivity (Wildman–Crippen MR) is 134 cm³/mol. The number of amides is 1. The molecule has 1 fully saturated rings. The molecule has 1 amide bonds.